The molecule has 3 aromatic rings. The van der Waals surface area contributed by atoms with Gasteiger partial charge in [0.25, 0.3) is 5.56 Å². The van der Waals surface area contributed by atoms with Crippen molar-refractivity contribution < 1.29 is 0 Å². The maximum absolute atomic E-state index is 12.6. The lowest BCUT2D eigenvalue weighted by atomic mass is 9.97. The van der Waals surface area contributed by atoms with Gasteiger partial charge in [0.1, 0.15) is 5.52 Å². The minimum atomic E-state index is -0.0983. The second-order valence-electron chi connectivity index (χ2n) is 5.71. The average molecular weight is 295 g/mol. The molecule has 1 aliphatic carbocycles. The van der Waals surface area contributed by atoms with Gasteiger partial charge in [-0.25, -0.2) is 4.52 Å². The maximum atomic E-state index is 12.6. The molecule has 0 saturated carbocycles. The molecule has 0 spiro atoms. The zero-order chi connectivity index (χ0) is 14.9. The second-order valence-corrected chi connectivity index (χ2v) is 5.71. The lowest BCUT2D eigenvalue weighted by molar-refractivity contribution is 0.615. The van der Waals surface area contributed by atoms with Gasteiger partial charge in [0, 0.05) is 18.8 Å². The van der Waals surface area contributed by atoms with Crippen molar-refractivity contribution in [3.05, 3.63) is 46.5 Å². The molecule has 22 heavy (non-hydrogen) atoms. The van der Waals surface area contributed by atoms with Crippen LogP contribution in [0.25, 0.3) is 16.7 Å². The highest BCUT2D eigenvalue weighted by Gasteiger charge is 2.10. The Balaban J connectivity index is 1.70. The first-order chi connectivity index (χ1) is 10.8. The van der Waals surface area contributed by atoms with E-state index in [1.807, 2.05) is 12.3 Å². The van der Waals surface area contributed by atoms with E-state index in [-0.39, 0.29) is 5.56 Å². The van der Waals surface area contributed by atoms with Crippen molar-refractivity contribution in [1.82, 2.24) is 24.4 Å². The topological polar surface area (TPSA) is 65.1 Å². The van der Waals surface area contributed by atoms with Gasteiger partial charge in [0.15, 0.2) is 11.2 Å². The third-order valence-corrected chi connectivity index (χ3v) is 4.28. The third kappa shape index (κ3) is 2.20. The molecule has 0 N–H and O–H groups in total. The average Bonchev–Trinajstić information content (AvgIpc) is 3.04. The van der Waals surface area contributed by atoms with E-state index in [0.717, 1.165) is 12.8 Å². The highest BCUT2D eigenvalue weighted by atomic mass is 16.1. The Hall–Kier alpha value is -2.50. The summed E-state index contributed by atoms with van der Waals surface area (Å²) >= 11 is 0. The van der Waals surface area contributed by atoms with Crippen LogP contribution in [0.15, 0.2) is 41.0 Å². The van der Waals surface area contributed by atoms with Crippen molar-refractivity contribution in [3.8, 4) is 0 Å². The molecule has 112 valence electrons. The smallest absolute Gasteiger partial charge is 0.280 e. The van der Waals surface area contributed by atoms with Gasteiger partial charge in [-0.2, -0.15) is 5.10 Å². The van der Waals surface area contributed by atoms with Gasteiger partial charge < -0.3 is 4.57 Å². The van der Waals surface area contributed by atoms with Crippen LogP contribution in [0.4, 0.5) is 0 Å². The molecular weight excluding hydrogens is 278 g/mol. The Morgan fingerprint density at radius 1 is 1.18 bits per heavy atom. The Morgan fingerprint density at radius 2 is 2.14 bits per heavy atom. The molecule has 1 aliphatic rings. The lowest BCUT2D eigenvalue weighted by Gasteiger charge is -2.13. The summed E-state index contributed by atoms with van der Waals surface area (Å²) in [6.07, 6.45) is 11.6. The number of aromatic nitrogens is 5. The number of allylic oxidation sites excluding steroid dienone is 2. The molecule has 0 aliphatic heterocycles. The van der Waals surface area contributed by atoms with Crippen molar-refractivity contribution >= 4 is 16.7 Å². The molecule has 3 heterocycles. The van der Waals surface area contributed by atoms with Gasteiger partial charge in [0.2, 0.25) is 0 Å². The summed E-state index contributed by atoms with van der Waals surface area (Å²) in [7, 11) is 0. The summed E-state index contributed by atoms with van der Waals surface area (Å²) in [6.45, 7) is 0.694. The van der Waals surface area contributed by atoms with Crippen LogP contribution in [-0.2, 0) is 6.54 Å². The SMILES string of the molecule is O=c1c2nnc3ccnn3c2ccn1CCC1=CCCCC1. The summed E-state index contributed by atoms with van der Waals surface area (Å²) in [6, 6.07) is 3.66. The second kappa shape index (κ2) is 5.36. The first-order valence-electron chi connectivity index (χ1n) is 7.70. The molecule has 3 aromatic heterocycles. The number of fused-ring (bicyclic) bond motifs is 3. The minimum Gasteiger partial charge on any atom is -0.313 e. The quantitative estimate of drug-likeness (QED) is 0.696. The fourth-order valence-electron chi connectivity index (χ4n) is 3.05. The molecule has 0 fully saturated rings. The normalized spacial score (nSPS) is 15.4. The summed E-state index contributed by atoms with van der Waals surface area (Å²) < 4.78 is 3.37. The van der Waals surface area contributed by atoms with E-state index in [4.69, 9.17) is 0 Å². The predicted molar refractivity (Wildman–Crippen MR) is 83.7 cm³/mol. The predicted octanol–water partition coefficient (Wildman–Crippen LogP) is 2.33. The molecule has 0 saturated heterocycles. The van der Waals surface area contributed by atoms with Crippen LogP contribution in [0.2, 0.25) is 0 Å². The number of rotatable bonds is 3. The van der Waals surface area contributed by atoms with E-state index >= 15 is 0 Å². The third-order valence-electron chi connectivity index (χ3n) is 4.28. The van der Waals surface area contributed by atoms with E-state index in [1.54, 1.807) is 21.3 Å². The fraction of sp³-hybridized carbons (Fsp3) is 0.375. The summed E-state index contributed by atoms with van der Waals surface area (Å²) in [5.74, 6) is 0. The zero-order valence-corrected chi connectivity index (χ0v) is 12.3. The molecule has 4 rings (SSSR count). The molecule has 0 amide bonds. The van der Waals surface area contributed by atoms with Crippen LogP contribution in [0, 0.1) is 0 Å². The van der Waals surface area contributed by atoms with Gasteiger partial charge >= 0.3 is 0 Å². The maximum Gasteiger partial charge on any atom is 0.280 e. The summed E-state index contributed by atoms with van der Waals surface area (Å²) in [4.78, 5) is 12.6. The van der Waals surface area contributed by atoms with Crippen LogP contribution in [0.5, 0.6) is 0 Å². The van der Waals surface area contributed by atoms with E-state index in [9.17, 15) is 4.79 Å². The highest BCUT2D eigenvalue weighted by Crippen LogP contribution is 2.20. The van der Waals surface area contributed by atoms with Gasteiger partial charge in [0.05, 0.1) is 6.20 Å². The van der Waals surface area contributed by atoms with Crippen molar-refractivity contribution in [2.45, 2.75) is 38.6 Å². The Kier molecular flexibility index (Phi) is 3.21. The number of hydrogen-bond donors (Lipinski definition) is 0. The first kappa shape index (κ1) is 13.2. The molecule has 6 heteroatoms. The van der Waals surface area contributed by atoms with Gasteiger partial charge in [-0.1, -0.05) is 11.6 Å². The van der Waals surface area contributed by atoms with Crippen LogP contribution in [0.3, 0.4) is 0 Å². The van der Waals surface area contributed by atoms with Crippen molar-refractivity contribution in [1.29, 1.82) is 0 Å². The molecule has 0 radical (unpaired) electrons. The molecule has 0 bridgehead atoms. The summed E-state index contributed by atoms with van der Waals surface area (Å²) in [5, 5.41) is 12.3. The zero-order valence-electron chi connectivity index (χ0n) is 12.3. The number of nitrogens with zero attached hydrogens (tertiary/aromatic N) is 5. The molecule has 6 nitrogen and oxygen atoms in total. The Morgan fingerprint density at radius 3 is 3.00 bits per heavy atom. The van der Waals surface area contributed by atoms with E-state index in [1.165, 1.54) is 24.8 Å². The molecule has 0 atom stereocenters. The monoisotopic (exact) mass is 295 g/mol. The van der Waals surface area contributed by atoms with Crippen molar-refractivity contribution in [2.75, 3.05) is 0 Å². The Bertz CT molecular complexity index is 921. The van der Waals surface area contributed by atoms with Crippen LogP contribution in [0.1, 0.15) is 32.1 Å². The fourth-order valence-corrected chi connectivity index (χ4v) is 3.05. The number of aryl methyl sites for hydroxylation is 1. The lowest BCUT2D eigenvalue weighted by Crippen LogP contribution is -2.22. The van der Waals surface area contributed by atoms with Gasteiger partial charge in [-0.3, -0.25) is 4.79 Å². The van der Waals surface area contributed by atoms with E-state index in [0.29, 0.717) is 23.2 Å². The van der Waals surface area contributed by atoms with Crippen LogP contribution < -0.4 is 5.56 Å². The van der Waals surface area contributed by atoms with Crippen LogP contribution >= 0.6 is 0 Å². The van der Waals surface area contributed by atoms with Gasteiger partial charge in [-0.15, -0.1) is 10.2 Å². The Labute approximate surface area is 127 Å². The largest absolute Gasteiger partial charge is 0.313 e. The number of hydrogen-bond acceptors (Lipinski definition) is 4. The number of pyridine rings is 1. The van der Waals surface area contributed by atoms with E-state index < -0.39 is 0 Å². The highest BCUT2D eigenvalue weighted by molar-refractivity contribution is 5.74. The van der Waals surface area contributed by atoms with Gasteiger partial charge in [-0.05, 0) is 38.2 Å². The van der Waals surface area contributed by atoms with Crippen molar-refractivity contribution in [3.63, 3.8) is 0 Å². The standard InChI is InChI=1S/C16H17N5O/c22-16-15-13(21-14(18-19-15)6-9-17-21)8-11-20(16)10-7-12-4-2-1-3-5-12/h4,6,8-9,11H,1-3,5,7,10H2. The van der Waals surface area contributed by atoms with Crippen LogP contribution in [-0.4, -0.2) is 24.4 Å². The summed E-state index contributed by atoms with van der Waals surface area (Å²) in [5.41, 5.74) is 3.09. The van der Waals surface area contributed by atoms with E-state index in [2.05, 4.69) is 21.4 Å². The molecule has 0 unspecified atom stereocenters. The first-order valence-corrected chi connectivity index (χ1v) is 7.70. The molecular formula is C16H17N5O. The molecule has 0 aromatic carbocycles. The van der Waals surface area contributed by atoms with Crippen molar-refractivity contribution in [2.24, 2.45) is 0 Å². The minimum absolute atomic E-state index is 0.0983.